The first-order valence-electron chi connectivity index (χ1n) is 3.18. The monoisotopic (exact) mass is 92.1 g/mol. The van der Waals surface area contributed by atoms with Crippen molar-refractivity contribution in [3.8, 4) is 0 Å². The predicted molar refractivity (Wildman–Crippen MR) is 27.9 cm³/mol. The highest BCUT2D eigenvalue weighted by Crippen LogP contribution is 2.68. The second kappa shape index (κ2) is 0.594. The molecule has 0 aromatic heterocycles. The fourth-order valence-corrected chi connectivity index (χ4v) is 2.34. The Hall–Kier alpha value is -0.260. The molecular weight excluding hydrogens is 84.1 g/mol. The first-order chi connectivity index (χ1) is 3.47. The zero-order valence-electron chi connectivity index (χ0n) is 4.28. The van der Waals surface area contributed by atoms with E-state index in [-0.39, 0.29) is 0 Å². The molecule has 0 radical (unpaired) electrons. The Morgan fingerprint density at radius 2 is 2.29 bits per heavy atom. The summed E-state index contributed by atoms with van der Waals surface area (Å²) in [5, 5.41) is 0. The number of hydrogen-bond acceptors (Lipinski definition) is 0. The molecule has 3 rings (SSSR count). The first kappa shape index (κ1) is 2.91. The van der Waals surface area contributed by atoms with Crippen molar-refractivity contribution in [2.45, 2.75) is 19.3 Å². The van der Waals surface area contributed by atoms with Crippen molar-refractivity contribution < 1.29 is 0 Å². The summed E-state index contributed by atoms with van der Waals surface area (Å²) in [6.07, 6.45) is 4.49. The third kappa shape index (κ3) is 0.155. The Bertz CT molecular complexity index is 165. The van der Waals surface area contributed by atoms with Gasteiger partial charge in [0, 0.05) is 0 Å². The quantitative estimate of drug-likeness (QED) is 0.399. The van der Waals surface area contributed by atoms with E-state index in [0.29, 0.717) is 0 Å². The molecule has 1 fully saturated rings. The summed E-state index contributed by atoms with van der Waals surface area (Å²) in [4.78, 5) is 0. The van der Waals surface area contributed by atoms with Gasteiger partial charge in [0.2, 0.25) is 0 Å². The van der Waals surface area contributed by atoms with Crippen LogP contribution in [0, 0.1) is 11.8 Å². The van der Waals surface area contributed by atoms with E-state index in [1.165, 1.54) is 19.3 Å². The van der Waals surface area contributed by atoms with Crippen LogP contribution in [0.25, 0.3) is 0 Å². The normalized spacial score (nSPS) is 51.4. The van der Waals surface area contributed by atoms with Crippen LogP contribution < -0.4 is 0 Å². The lowest BCUT2D eigenvalue weighted by molar-refractivity contribution is 0.569. The van der Waals surface area contributed by atoms with Crippen LogP contribution in [-0.4, -0.2) is 0 Å². The van der Waals surface area contributed by atoms with Crippen molar-refractivity contribution in [2.24, 2.45) is 11.8 Å². The Kier molecular flexibility index (Phi) is 0.247. The summed E-state index contributed by atoms with van der Waals surface area (Å²) < 4.78 is 0. The minimum atomic E-state index is 1.13. The van der Waals surface area contributed by atoms with Gasteiger partial charge in [-0.2, -0.15) is 0 Å². The number of fused-ring (bicyclic) bond motifs is 1. The molecule has 0 N–H and O–H groups in total. The van der Waals surface area contributed by atoms with E-state index in [1.54, 1.807) is 0 Å². The highest BCUT2D eigenvalue weighted by molar-refractivity contribution is 5.49. The molecule has 0 spiro atoms. The summed E-state index contributed by atoms with van der Waals surface area (Å²) >= 11 is 0. The number of allylic oxidation sites excluding steroid dienone is 2. The highest BCUT2D eigenvalue weighted by Gasteiger charge is 2.56. The Labute approximate surface area is 43.2 Å². The summed E-state index contributed by atoms with van der Waals surface area (Å²) in [6.45, 7) is 0. The maximum absolute atomic E-state index is 1.89. The Balaban J connectivity index is 2.30. The van der Waals surface area contributed by atoms with Gasteiger partial charge in [-0.25, -0.2) is 0 Å². The van der Waals surface area contributed by atoms with E-state index in [4.69, 9.17) is 0 Å². The molecule has 0 aromatic rings. The van der Waals surface area contributed by atoms with E-state index in [9.17, 15) is 0 Å². The Morgan fingerprint density at radius 1 is 1.29 bits per heavy atom. The van der Waals surface area contributed by atoms with Gasteiger partial charge < -0.3 is 0 Å². The van der Waals surface area contributed by atoms with Gasteiger partial charge >= 0.3 is 0 Å². The minimum absolute atomic E-state index is 1.13. The topological polar surface area (TPSA) is 0 Å². The smallest absolute Gasteiger partial charge is 0.00942 e. The molecule has 1 saturated carbocycles. The van der Waals surface area contributed by atoms with Crippen molar-refractivity contribution in [3.05, 3.63) is 11.1 Å². The van der Waals surface area contributed by atoms with Gasteiger partial charge in [-0.1, -0.05) is 11.1 Å². The fraction of sp³-hybridized carbons (Fsp3) is 0.714. The molecule has 7 heavy (non-hydrogen) atoms. The largest absolute Gasteiger partial charge is 0.0698 e. The maximum atomic E-state index is 1.89. The SMILES string of the molecule is C1CC2C3=C1CC32. The van der Waals surface area contributed by atoms with Crippen LogP contribution in [0.5, 0.6) is 0 Å². The van der Waals surface area contributed by atoms with Gasteiger partial charge in [0.05, 0.1) is 0 Å². The van der Waals surface area contributed by atoms with Crippen molar-refractivity contribution in [1.29, 1.82) is 0 Å². The molecule has 0 aromatic carbocycles. The van der Waals surface area contributed by atoms with Gasteiger partial charge in [0.25, 0.3) is 0 Å². The molecule has 0 nitrogen and oxygen atoms in total. The van der Waals surface area contributed by atoms with Gasteiger partial charge in [-0.3, -0.25) is 0 Å². The van der Waals surface area contributed by atoms with Crippen molar-refractivity contribution in [1.82, 2.24) is 0 Å². The third-order valence-electron chi connectivity index (χ3n) is 2.81. The maximum Gasteiger partial charge on any atom is -0.00942 e. The minimum Gasteiger partial charge on any atom is -0.0698 e. The van der Waals surface area contributed by atoms with Crippen LogP contribution in [0.3, 0.4) is 0 Å². The Morgan fingerprint density at radius 3 is 2.43 bits per heavy atom. The van der Waals surface area contributed by atoms with Crippen molar-refractivity contribution in [2.75, 3.05) is 0 Å². The molecule has 0 saturated heterocycles. The van der Waals surface area contributed by atoms with E-state index < -0.39 is 0 Å². The standard InChI is InChI=1S/C7H8/c1-2-5-6-3-4(1)7(5)6/h5-6H,1-3H2. The molecule has 0 heteroatoms. The lowest BCUT2D eigenvalue weighted by Crippen LogP contribution is -1.98. The molecule has 0 bridgehead atoms. The summed E-state index contributed by atoms with van der Waals surface area (Å²) in [7, 11) is 0. The lowest BCUT2D eigenvalue weighted by atomic mass is 9.93. The van der Waals surface area contributed by atoms with E-state index in [2.05, 4.69) is 0 Å². The number of rotatable bonds is 0. The van der Waals surface area contributed by atoms with Crippen LogP contribution in [0.4, 0.5) is 0 Å². The van der Waals surface area contributed by atoms with Crippen LogP contribution >= 0.6 is 0 Å². The fourth-order valence-electron chi connectivity index (χ4n) is 2.34. The van der Waals surface area contributed by atoms with E-state index in [1.807, 2.05) is 11.1 Å². The van der Waals surface area contributed by atoms with Gasteiger partial charge in [0.1, 0.15) is 0 Å². The van der Waals surface area contributed by atoms with Crippen LogP contribution in [0.2, 0.25) is 0 Å². The zero-order chi connectivity index (χ0) is 4.43. The molecule has 3 aliphatic carbocycles. The van der Waals surface area contributed by atoms with Gasteiger partial charge in [0.15, 0.2) is 0 Å². The molecule has 0 amide bonds. The lowest BCUT2D eigenvalue weighted by Gasteiger charge is -2.12. The van der Waals surface area contributed by atoms with Gasteiger partial charge in [-0.05, 0) is 31.1 Å². The van der Waals surface area contributed by atoms with E-state index in [0.717, 1.165) is 11.8 Å². The average Bonchev–Trinajstić information content (AvgIpc) is 2.02. The molecule has 3 aliphatic rings. The highest BCUT2D eigenvalue weighted by atomic mass is 14.6. The summed E-state index contributed by atoms with van der Waals surface area (Å²) in [5.74, 6) is 2.28. The molecule has 0 aliphatic heterocycles. The second-order valence-corrected chi connectivity index (χ2v) is 3.01. The molecule has 2 unspecified atom stereocenters. The third-order valence-corrected chi connectivity index (χ3v) is 2.81. The van der Waals surface area contributed by atoms with Crippen LogP contribution in [0.1, 0.15) is 19.3 Å². The van der Waals surface area contributed by atoms with E-state index >= 15 is 0 Å². The first-order valence-corrected chi connectivity index (χ1v) is 3.18. The van der Waals surface area contributed by atoms with Crippen LogP contribution in [-0.2, 0) is 0 Å². The average molecular weight is 92.1 g/mol. The zero-order valence-corrected chi connectivity index (χ0v) is 4.28. The summed E-state index contributed by atoms with van der Waals surface area (Å²) in [6, 6.07) is 0. The van der Waals surface area contributed by atoms with Crippen molar-refractivity contribution in [3.63, 3.8) is 0 Å². The molecule has 2 atom stereocenters. The van der Waals surface area contributed by atoms with Crippen molar-refractivity contribution >= 4 is 0 Å². The number of hydrogen-bond donors (Lipinski definition) is 0. The van der Waals surface area contributed by atoms with Gasteiger partial charge in [-0.15, -0.1) is 0 Å². The summed E-state index contributed by atoms with van der Waals surface area (Å²) in [5.41, 5.74) is 3.73. The molecular formula is C7H8. The predicted octanol–water partition coefficient (Wildman–Crippen LogP) is 1.73. The molecule has 36 valence electrons. The second-order valence-electron chi connectivity index (χ2n) is 3.01. The van der Waals surface area contributed by atoms with Crippen LogP contribution in [0.15, 0.2) is 11.1 Å². The molecule has 0 heterocycles.